The zero-order valence-electron chi connectivity index (χ0n) is 16.5. The molecule has 4 amide bonds. The number of hydrogen-bond acceptors (Lipinski definition) is 4. The molecular weight excluding hydrogens is 435 g/mol. The molecule has 0 unspecified atom stereocenters. The van der Waals surface area contributed by atoms with Gasteiger partial charge in [0.15, 0.2) is 0 Å². The second-order valence-electron chi connectivity index (χ2n) is 6.89. The first-order valence-electron chi connectivity index (χ1n) is 9.55. The number of nitrogens with one attached hydrogen (secondary N) is 1. The van der Waals surface area contributed by atoms with Crippen molar-refractivity contribution in [1.82, 2.24) is 5.32 Å². The lowest BCUT2D eigenvalue weighted by atomic mass is 10.1. The Morgan fingerprint density at radius 1 is 0.938 bits per heavy atom. The number of benzene rings is 3. The van der Waals surface area contributed by atoms with E-state index in [0.29, 0.717) is 11.3 Å². The van der Waals surface area contributed by atoms with Gasteiger partial charge in [0.25, 0.3) is 11.8 Å². The Kier molecular flexibility index (Phi) is 6.00. The van der Waals surface area contributed by atoms with Crippen LogP contribution < -0.4 is 15.0 Å². The highest BCUT2D eigenvalue weighted by Gasteiger charge is 2.37. The van der Waals surface area contributed by atoms with E-state index >= 15 is 0 Å². The average Bonchev–Trinajstić information content (AvgIpc) is 2.78. The van der Waals surface area contributed by atoms with Gasteiger partial charge < -0.3 is 4.74 Å². The molecule has 1 aliphatic rings. The number of carbonyl (C=O) groups is 3. The lowest BCUT2D eigenvalue weighted by molar-refractivity contribution is -0.122. The van der Waals surface area contributed by atoms with Crippen LogP contribution in [0.25, 0.3) is 6.08 Å². The molecule has 160 valence electrons. The van der Waals surface area contributed by atoms with E-state index in [1.807, 2.05) is 0 Å². The average molecular weight is 451 g/mol. The fraction of sp³-hybridized carbons (Fsp3) is 0.0417. The number of carbonyl (C=O) groups excluding carboxylic acids is 3. The molecule has 0 saturated carbocycles. The van der Waals surface area contributed by atoms with Crippen molar-refractivity contribution in [3.8, 4) is 5.75 Å². The smallest absolute Gasteiger partial charge is 0.335 e. The summed E-state index contributed by atoms with van der Waals surface area (Å²) in [5, 5.41) is 2.36. The van der Waals surface area contributed by atoms with Crippen LogP contribution >= 0.6 is 11.6 Å². The van der Waals surface area contributed by atoms with Gasteiger partial charge in [-0.2, -0.15) is 0 Å². The normalized spacial score (nSPS) is 15.1. The number of ether oxygens (including phenoxy) is 1. The minimum absolute atomic E-state index is 0.180. The largest absolute Gasteiger partial charge is 0.489 e. The first-order chi connectivity index (χ1) is 15.4. The maximum Gasteiger partial charge on any atom is 0.335 e. The fourth-order valence-corrected chi connectivity index (χ4v) is 3.30. The lowest BCUT2D eigenvalue weighted by Gasteiger charge is -2.27. The molecule has 1 N–H and O–H groups in total. The van der Waals surface area contributed by atoms with Gasteiger partial charge in [-0.15, -0.1) is 0 Å². The van der Waals surface area contributed by atoms with Crippen molar-refractivity contribution in [1.29, 1.82) is 0 Å². The van der Waals surface area contributed by atoms with E-state index in [2.05, 4.69) is 5.32 Å². The van der Waals surface area contributed by atoms with Gasteiger partial charge in [-0.25, -0.2) is 14.1 Å². The van der Waals surface area contributed by atoms with Crippen LogP contribution in [0.15, 0.2) is 78.4 Å². The molecular formula is C24H16ClFN2O4. The zero-order valence-corrected chi connectivity index (χ0v) is 17.3. The topological polar surface area (TPSA) is 75.7 Å². The number of anilines is 1. The highest BCUT2D eigenvalue weighted by Crippen LogP contribution is 2.29. The zero-order chi connectivity index (χ0) is 22.7. The monoisotopic (exact) mass is 450 g/mol. The van der Waals surface area contributed by atoms with E-state index < -0.39 is 17.8 Å². The summed E-state index contributed by atoms with van der Waals surface area (Å²) in [5.41, 5.74) is 1.35. The van der Waals surface area contributed by atoms with Crippen molar-refractivity contribution < 1.29 is 23.5 Å². The Bertz CT molecular complexity index is 1220. The van der Waals surface area contributed by atoms with Crippen LogP contribution in [0.1, 0.15) is 11.1 Å². The van der Waals surface area contributed by atoms with Crippen LogP contribution in [0.2, 0.25) is 5.02 Å². The summed E-state index contributed by atoms with van der Waals surface area (Å²) in [5.74, 6) is -1.32. The molecule has 3 aromatic carbocycles. The molecule has 1 aliphatic heterocycles. The van der Waals surface area contributed by atoms with E-state index in [1.54, 1.807) is 54.6 Å². The summed E-state index contributed by atoms with van der Waals surface area (Å²) in [6.45, 7) is 0.260. The summed E-state index contributed by atoms with van der Waals surface area (Å²) < 4.78 is 18.6. The molecule has 1 saturated heterocycles. The van der Waals surface area contributed by atoms with Crippen molar-refractivity contribution in [2.24, 2.45) is 0 Å². The SMILES string of the molecule is O=C1NC(=O)N(c2ccccc2Cl)C(=O)/C1=C/c1ccc(OCc2ccc(F)cc2)cc1. The number of halogens is 2. The van der Waals surface area contributed by atoms with E-state index in [4.69, 9.17) is 16.3 Å². The minimum Gasteiger partial charge on any atom is -0.489 e. The number of nitrogens with zero attached hydrogens (tertiary/aromatic N) is 1. The van der Waals surface area contributed by atoms with E-state index in [9.17, 15) is 18.8 Å². The number of para-hydroxylation sites is 1. The molecule has 6 nitrogen and oxygen atoms in total. The van der Waals surface area contributed by atoms with Crippen molar-refractivity contribution in [2.45, 2.75) is 6.61 Å². The quantitative estimate of drug-likeness (QED) is 0.450. The molecule has 0 spiro atoms. The maximum atomic E-state index is 13.0. The van der Waals surface area contributed by atoms with Gasteiger partial charge in [0.1, 0.15) is 23.7 Å². The molecule has 1 fully saturated rings. The Hall–Kier alpha value is -3.97. The maximum absolute atomic E-state index is 13.0. The Balaban J connectivity index is 1.52. The molecule has 0 aromatic heterocycles. The highest BCUT2D eigenvalue weighted by molar-refractivity contribution is 6.42. The van der Waals surface area contributed by atoms with Crippen LogP contribution in [0.4, 0.5) is 14.9 Å². The Morgan fingerprint density at radius 3 is 2.31 bits per heavy atom. The van der Waals surface area contributed by atoms with Crippen LogP contribution in [-0.2, 0) is 16.2 Å². The van der Waals surface area contributed by atoms with Gasteiger partial charge in [-0.3, -0.25) is 14.9 Å². The van der Waals surface area contributed by atoms with E-state index in [1.165, 1.54) is 24.3 Å². The predicted molar refractivity (Wildman–Crippen MR) is 118 cm³/mol. The van der Waals surface area contributed by atoms with Crippen molar-refractivity contribution in [3.63, 3.8) is 0 Å². The molecule has 1 heterocycles. The number of hydrogen-bond donors (Lipinski definition) is 1. The molecule has 0 radical (unpaired) electrons. The summed E-state index contributed by atoms with van der Waals surface area (Å²) in [6.07, 6.45) is 1.39. The molecule has 4 rings (SSSR count). The third-order valence-electron chi connectivity index (χ3n) is 4.70. The Morgan fingerprint density at radius 2 is 1.62 bits per heavy atom. The minimum atomic E-state index is -0.866. The molecule has 0 atom stereocenters. The van der Waals surface area contributed by atoms with Gasteiger partial charge >= 0.3 is 6.03 Å². The van der Waals surface area contributed by atoms with Gasteiger partial charge in [0, 0.05) is 0 Å². The lowest BCUT2D eigenvalue weighted by Crippen LogP contribution is -2.54. The number of barbiturate groups is 1. The molecule has 32 heavy (non-hydrogen) atoms. The number of rotatable bonds is 5. The molecule has 0 aliphatic carbocycles. The van der Waals surface area contributed by atoms with Gasteiger partial charge in [0.05, 0.1) is 10.7 Å². The number of urea groups is 1. The van der Waals surface area contributed by atoms with Crippen LogP contribution in [0.5, 0.6) is 5.75 Å². The van der Waals surface area contributed by atoms with E-state index in [0.717, 1.165) is 10.5 Å². The summed E-state index contributed by atoms with van der Waals surface area (Å²) in [4.78, 5) is 38.3. The molecule has 0 bridgehead atoms. The van der Waals surface area contributed by atoms with Crippen molar-refractivity contribution in [3.05, 3.63) is 100 Å². The second-order valence-corrected chi connectivity index (χ2v) is 7.30. The van der Waals surface area contributed by atoms with Crippen LogP contribution in [0.3, 0.4) is 0 Å². The Labute approximate surface area is 187 Å². The van der Waals surface area contributed by atoms with Crippen LogP contribution in [0, 0.1) is 5.82 Å². The number of amides is 4. The van der Waals surface area contributed by atoms with Crippen molar-refractivity contribution >= 4 is 41.2 Å². The number of imide groups is 2. The summed E-state index contributed by atoms with van der Waals surface area (Å²) >= 11 is 6.12. The highest BCUT2D eigenvalue weighted by atomic mass is 35.5. The summed E-state index contributed by atoms with van der Waals surface area (Å²) in [6, 6.07) is 18.2. The third kappa shape index (κ3) is 4.53. The van der Waals surface area contributed by atoms with E-state index in [-0.39, 0.29) is 28.7 Å². The fourth-order valence-electron chi connectivity index (χ4n) is 3.08. The van der Waals surface area contributed by atoms with Crippen molar-refractivity contribution in [2.75, 3.05) is 4.90 Å². The van der Waals surface area contributed by atoms with Gasteiger partial charge in [0.2, 0.25) is 0 Å². The van der Waals surface area contributed by atoms with Crippen LogP contribution in [-0.4, -0.2) is 17.8 Å². The third-order valence-corrected chi connectivity index (χ3v) is 5.02. The first kappa shape index (κ1) is 21.3. The van der Waals surface area contributed by atoms with Gasteiger partial charge in [-0.05, 0) is 53.6 Å². The standard InChI is InChI=1S/C24H16ClFN2O4/c25-20-3-1-2-4-21(20)28-23(30)19(22(29)27-24(28)31)13-15-7-11-18(12-8-15)32-14-16-5-9-17(26)10-6-16/h1-13H,14H2,(H,27,29,31)/b19-13+. The summed E-state index contributed by atoms with van der Waals surface area (Å²) in [7, 11) is 0. The second kappa shape index (κ2) is 9.03. The predicted octanol–water partition coefficient (Wildman–Crippen LogP) is 4.72. The first-order valence-corrected chi connectivity index (χ1v) is 9.93. The van der Waals surface area contributed by atoms with Gasteiger partial charge in [-0.1, -0.05) is 48.0 Å². The molecule has 8 heteroatoms. The molecule has 3 aromatic rings.